The Balaban J connectivity index is 2.27. The molecule has 0 atom stereocenters. The van der Waals surface area contributed by atoms with E-state index < -0.39 is 0 Å². The van der Waals surface area contributed by atoms with Gasteiger partial charge in [-0.25, -0.2) is 0 Å². The van der Waals surface area contributed by atoms with Crippen LogP contribution >= 0.6 is 0 Å². The van der Waals surface area contributed by atoms with Gasteiger partial charge in [-0.1, -0.05) is 36.4 Å². The van der Waals surface area contributed by atoms with Crippen LogP contribution in [-0.4, -0.2) is 0 Å². The van der Waals surface area contributed by atoms with E-state index in [-0.39, 0.29) is 0 Å². The predicted molar refractivity (Wildman–Crippen MR) is 102 cm³/mol. The predicted octanol–water partition coefficient (Wildman–Crippen LogP) is 3.10. The third-order valence-electron chi connectivity index (χ3n) is 4.17. The zero-order valence-electron chi connectivity index (χ0n) is 13.5. The summed E-state index contributed by atoms with van der Waals surface area (Å²) in [6.07, 6.45) is 0. The summed E-state index contributed by atoms with van der Waals surface area (Å²) in [5.41, 5.74) is 31.5. The first-order chi connectivity index (χ1) is 11.6. The maximum Gasteiger partial charge on any atom is 0.0401 e. The van der Waals surface area contributed by atoms with Crippen molar-refractivity contribution < 1.29 is 0 Å². The van der Waals surface area contributed by atoms with E-state index in [0.29, 0.717) is 24.5 Å². The van der Waals surface area contributed by atoms with Gasteiger partial charge in [0.05, 0.1) is 0 Å². The standard InChI is InChI=1S/C20H22N4/c21-11-13-3-1-5-15(9-13)19-17(23)7-8-18(24)20(19)16-6-2-4-14(10-16)12-22/h1-10H,11-12,21-24H2. The van der Waals surface area contributed by atoms with Gasteiger partial charge in [-0.15, -0.1) is 0 Å². The summed E-state index contributed by atoms with van der Waals surface area (Å²) < 4.78 is 0. The van der Waals surface area contributed by atoms with Crippen molar-refractivity contribution in [3.05, 3.63) is 71.8 Å². The Morgan fingerprint density at radius 3 is 1.38 bits per heavy atom. The molecule has 0 spiro atoms. The van der Waals surface area contributed by atoms with Crippen LogP contribution < -0.4 is 22.9 Å². The van der Waals surface area contributed by atoms with Gasteiger partial charge in [0.1, 0.15) is 0 Å². The van der Waals surface area contributed by atoms with Crippen LogP contribution in [0, 0.1) is 0 Å². The zero-order valence-corrected chi connectivity index (χ0v) is 13.5. The van der Waals surface area contributed by atoms with Crippen molar-refractivity contribution in [3.63, 3.8) is 0 Å². The first-order valence-corrected chi connectivity index (χ1v) is 7.90. The maximum atomic E-state index is 6.31. The van der Waals surface area contributed by atoms with Gasteiger partial charge in [-0.3, -0.25) is 0 Å². The molecule has 0 aliphatic rings. The van der Waals surface area contributed by atoms with Crippen LogP contribution in [0.4, 0.5) is 11.4 Å². The molecule has 0 saturated heterocycles. The van der Waals surface area contributed by atoms with Crippen molar-refractivity contribution in [1.82, 2.24) is 0 Å². The molecule has 0 saturated carbocycles. The van der Waals surface area contributed by atoms with E-state index in [4.69, 9.17) is 22.9 Å². The second kappa shape index (κ2) is 6.74. The topological polar surface area (TPSA) is 104 Å². The van der Waals surface area contributed by atoms with Gasteiger partial charge in [0.2, 0.25) is 0 Å². The molecule has 3 aromatic carbocycles. The summed E-state index contributed by atoms with van der Waals surface area (Å²) in [5.74, 6) is 0. The van der Waals surface area contributed by atoms with Gasteiger partial charge in [-0.05, 0) is 46.5 Å². The molecule has 24 heavy (non-hydrogen) atoms. The number of nitrogen functional groups attached to an aromatic ring is 2. The fourth-order valence-corrected chi connectivity index (χ4v) is 2.96. The molecule has 0 heterocycles. The van der Waals surface area contributed by atoms with Gasteiger partial charge in [0, 0.05) is 35.6 Å². The Morgan fingerprint density at radius 1 is 0.583 bits per heavy atom. The SMILES string of the molecule is NCc1cccc(-c2c(N)ccc(N)c2-c2cccc(CN)c2)c1. The summed E-state index contributed by atoms with van der Waals surface area (Å²) in [6.45, 7) is 0.960. The van der Waals surface area contributed by atoms with E-state index in [1.54, 1.807) is 0 Å². The molecule has 4 heteroatoms. The number of nitrogens with two attached hydrogens (primary N) is 4. The van der Waals surface area contributed by atoms with Crippen molar-refractivity contribution in [2.24, 2.45) is 11.5 Å². The number of benzene rings is 3. The molecule has 0 radical (unpaired) electrons. The Morgan fingerprint density at radius 2 is 1.00 bits per heavy atom. The van der Waals surface area contributed by atoms with Crippen LogP contribution in [0.5, 0.6) is 0 Å². The molecule has 0 aromatic heterocycles. The summed E-state index contributed by atoms with van der Waals surface area (Å²) in [7, 11) is 0. The van der Waals surface area contributed by atoms with Crippen LogP contribution in [0.15, 0.2) is 60.7 Å². The fraction of sp³-hybridized carbons (Fsp3) is 0.100. The summed E-state index contributed by atoms with van der Waals surface area (Å²) >= 11 is 0. The average Bonchev–Trinajstić information content (AvgIpc) is 2.63. The lowest BCUT2D eigenvalue weighted by atomic mass is 9.90. The van der Waals surface area contributed by atoms with E-state index in [0.717, 1.165) is 33.4 Å². The molecule has 0 aliphatic carbocycles. The van der Waals surface area contributed by atoms with Gasteiger partial charge in [0.25, 0.3) is 0 Å². The first-order valence-electron chi connectivity index (χ1n) is 7.90. The number of hydrogen-bond donors (Lipinski definition) is 4. The smallest absolute Gasteiger partial charge is 0.0401 e. The van der Waals surface area contributed by atoms with Crippen molar-refractivity contribution in [1.29, 1.82) is 0 Å². The summed E-state index contributed by atoms with van der Waals surface area (Å²) in [4.78, 5) is 0. The Hall–Kier alpha value is -2.82. The number of hydrogen-bond acceptors (Lipinski definition) is 4. The monoisotopic (exact) mass is 318 g/mol. The molecule has 4 nitrogen and oxygen atoms in total. The van der Waals surface area contributed by atoms with Gasteiger partial charge in [-0.2, -0.15) is 0 Å². The van der Waals surface area contributed by atoms with E-state index in [2.05, 4.69) is 12.1 Å². The minimum Gasteiger partial charge on any atom is -0.398 e. The molecule has 122 valence electrons. The minimum absolute atomic E-state index is 0.480. The van der Waals surface area contributed by atoms with E-state index in [9.17, 15) is 0 Å². The Kier molecular flexibility index (Phi) is 4.51. The van der Waals surface area contributed by atoms with Crippen LogP contribution in [-0.2, 0) is 13.1 Å². The van der Waals surface area contributed by atoms with Crippen LogP contribution in [0.3, 0.4) is 0 Å². The Bertz CT molecular complexity index is 799. The van der Waals surface area contributed by atoms with Crippen LogP contribution in [0.1, 0.15) is 11.1 Å². The molecule has 3 rings (SSSR count). The van der Waals surface area contributed by atoms with Crippen molar-refractivity contribution in [2.75, 3.05) is 11.5 Å². The fourth-order valence-electron chi connectivity index (χ4n) is 2.96. The molecule has 0 aliphatic heterocycles. The molecule has 0 amide bonds. The largest absolute Gasteiger partial charge is 0.398 e. The van der Waals surface area contributed by atoms with E-state index >= 15 is 0 Å². The average molecular weight is 318 g/mol. The van der Waals surface area contributed by atoms with Crippen LogP contribution in [0.25, 0.3) is 22.3 Å². The van der Waals surface area contributed by atoms with E-state index in [1.165, 1.54) is 0 Å². The maximum absolute atomic E-state index is 6.31. The third kappa shape index (κ3) is 2.97. The molecule has 8 N–H and O–H groups in total. The normalized spacial score (nSPS) is 10.8. The Labute approximate surface area is 142 Å². The molecule has 0 bridgehead atoms. The molecular formula is C20H22N4. The highest BCUT2D eigenvalue weighted by Gasteiger charge is 2.15. The number of anilines is 2. The lowest BCUT2D eigenvalue weighted by Crippen LogP contribution is -2.01. The molecule has 0 unspecified atom stereocenters. The van der Waals surface area contributed by atoms with Crippen molar-refractivity contribution in [3.8, 4) is 22.3 Å². The third-order valence-corrected chi connectivity index (χ3v) is 4.17. The molecule has 0 fully saturated rings. The first kappa shape index (κ1) is 16.1. The zero-order chi connectivity index (χ0) is 17.1. The quantitative estimate of drug-likeness (QED) is 0.555. The summed E-state index contributed by atoms with van der Waals surface area (Å²) in [5, 5.41) is 0. The van der Waals surface area contributed by atoms with Crippen molar-refractivity contribution in [2.45, 2.75) is 13.1 Å². The second-order valence-corrected chi connectivity index (χ2v) is 5.80. The molecule has 3 aromatic rings. The van der Waals surface area contributed by atoms with Gasteiger partial charge in [0.15, 0.2) is 0 Å². The second-order valence-electron chi connectivity index (χ2n) is 5.80. The lowest BCUT2D eigenvalue weighted by Gasteiger charge is -2.17. The molecular weight excluding hydrogens is 296 g/mol. The summed E-state index contributed by atoms with van der Waals surface area (Å²) in [6, 6.07) is 19.8. The van der Waals surface area contributed by atoms with E-state index in [1.807, 2.05) is 48.5 Å². The number of rotatable bonds is 4. The van der Waals surface area contributed by atoms with Crippen LogP contribution in [0.2, 0.25) is 0 Å². The minimum atomic E-state index is 0.480. The van der Waals surface area contributed by atoms with Gasteiger partial charge < -0.3 is 22.9 Å². The highest BCUT2D eigenvalue weighted by molar-refractivity contribution is 5.97. The lowest BCUT2D eigenvalue weighted by molar-refractivity contribution is 1.07. The highest BCUT2D eigenvalue weighted by Crippen LogP contribution is 2.40. The van der Waals surface area contributed by atoms with Gasteiger partial charge >= 0.3 is 0 Å². The highest BCUT2D eigenvalue weighted by atomic mass is 14.6. The van der Waals surface area contributed by atoms with Crippen molar-refractivity contribution >= 4 is 11.4 Å².